The summed E-state index contributed by atoms with van der Waals surface area (Å²) in [4.78, 5) is 0. The van der Waals surface area contributed by atoms with Gasteiger partial charge >= 0.3 is 0 Å². The van der Waals surface area contributed by atoms with Gasteiger partial charge in [0.2, 0.25) is 0 Å². The van der Waals surface area contributed by atoms with E-state index < -0.39 is 0 Å². The molecule has 0 nitrogen and oxygen atoms in total. The fourth-order valence-corrected chi connectivity index (χ4v) is 3.28. The highest BCUT2D eigenvalue weighted by Gasteiger charge is 1.90. The van der Waals surface area contributed by atoms with Gasteiger partial charge in [0.15, 0.2) is 0 Å². The molecular formula is C28H45Br. The van der Waals surface area contributed by atoms with Gasteiger partial charge in [0.25, 0.3) is 0 Å². The maximum Gasteiger partial charge on any atom is 0.00313 e. The SMILES string of the molecule is CC/C=C\C/C=C\C/C=C\C/C=C\C/C=C\C/C=C\CCCCCCCCCBr. The van der Waals surface area contributed by atoms with Crippen molar-refractivity contribution in [2.24, 2.45) is 0 Å². The fourth-order valence-electron chi connectivity index (χ4n) is 2.88. The highest BCUT2D eigenvalue weighted by Crippen LogP contribution is 2.09. The van der Waals surface area contributed by atoms with Gasteiger partial charge in [-0.25, -0.2) is 0 Å². The third-order valence-electron chi connectivity index (χ3n) is 4.60. The topological polar surface area (TPSA) is 0 Å². The van der Waals surface area contributed by atoms with E-state index in [1.807, 2.05) is 0 Å². The number of halogens is 1. The molecule has 0 rings (SSSR count). The highest BCUT2D eigenvalue weighted by atomic mass is 79.9. The Hall–Kier alpha value is -1.08. The molecule has 0 radical (unpaired) electrons. The van der Waals surface area contributed by atoms with Crippen LogP contribution in [0, 0.1) is 0 Å². The van der Waals surface area contributed by atoms with Gasteiger partial charge in [0.05, 0.1) is 0 Å². The van der Waals surface area contributed by atoms with Crippen LogP contribution in [0.2, 0.25) is 0 Å². The van der Waals surface area contributed by atoms with Crippen LogP contribution in [0.3, 0.4) is 0 Å². The molecule has 0 saturated carbocycles. The zero-order chi connectivity index (χ0) is 21.1. The van der Waals surface area contributed by atoms with Crippen molar-refractivity contribution in [3.63, 3.8) is 0 Å². The number of hydrogen-bond donors (Lipinski definition) is 0. The van der Waals surface area contributed by atoms with Gasteiger partial charge < -0.3 is 0 Å². The summed E-state index contributed by atoms with van der Waals surface area (Å²) < 4.78 is 0. The second kappa shape index (κ2) is 26.9. The first-order chi connectivity index (χ1) is 14.4. The largest absolute Gasteiger partial charge is 0.0928 e. The number of alkyl halides is 1. The predicted octanol–water partition coefficient (Wildman–Crippen LogP) is 10.2. The molecule has 0 aromatic heterocycles. The van der Waals surface area contributed by atoms with Crippen LogP contribution in [-0.4, -0.2) is 5.33 Å². The number of hydrogen-bond acceptors (Lipinski definition) is 0. The molecule has 0 heterocycles. The van der Waals surface area contributed by atoms with Crippen LogP contribution in [0.5, 0.6) is 0 Å². The third-order valence-corrected chi connectivity index (χ3v) is 5.16. The summed E-state index contributed by atoms with van der Waals surface area (Å²) in [7, 11) is 0. The van der Waals surface area contributed by atoms with Crippen molar-refractivity contribution in [2.45, 2.75) is 96.8 Å². The zero-order valence-electron chi connectivity index (χ0n) is 18.9. The summed E-state index contributed by atoms with van der Waals surface area (Å²) in [5.74, 6) is 0. The van der Waals surface area contributed by atoms with Gasteiger partial charge in [-0.15, -0.1) is 0 Å². The molecule has 0 aromatic rings. The van der Waals surface area contributed by atoms with Crippen molar-refractivity contribution in [3.05, 3.63) is 72.9 Å². The van der Waals surface area contributed by atoms with Crippen LogP contribution in [0.1, 0.15) is 96.8 Å². The molecule has 0 aliphatic rings. The van der Waals surface area contributed by atoms with E-state index in [0.29, 0.717) is 0 Å². The van der Waals surface area contributed by atoms with E-state index in [0.717, 1.165) is 43.9 Å². The molecule has 1 heteroatoms. The molecule has 0 aliphatic carbocycles. The molecule has 0 N–H and O–H groups in total. The minimum absolute atomic E-state index is 1.04. The lowest BCUT2D eigenvalue weighted by Gasteiger charge is -1.99. The normalized spacial score (nSPS) is 13.0. The molecule has 0 aromatic carbocycles. The molecule has 0 spiro atoms. The number of rotatable bonds is 20. The van der Waals surface area contributed by atoms with Crippen molar-refractivity contribution in [1.82, 2.24) is 0 Å². The van der Waals surface area contributed by atoms with Crippen LogP contribution >= 0.6 is 15.9 Å². The number of unbranched alkanes of at least 4 members (excludes halogenated alkanes) is 7. The summed E-state index contributed by atoms with van der Waals surface area (Å²) in [5.41, 5.74) is 0. The quantitative estimate of drug-likeness (QED) is 0.0961. The average Bonchev–Trinajstić information content (AvgIpc) is 2.74. The fraction of sp³-hybridized carbons (Fsp3) is 0.571. The lowest BCUT2D eigenvalue weighted by Crippen LogP contribution is -1.80. The molecule has 0 aliphatic heterocycles. The molecule has 0 fully saturated rings. The highest BCUT2D eigenvalue weighted by molar-refractivity contribution is 9.09. The van der Waals surface area contributed by atoms with Crippen molar-refractivity contribution in [2.75, 3.05) is 5.33 Å². The van der Waals surface area contributed by atoms with E-state index in [9.17, 15) is 0 Å². The van der Waals surface area contributed by atoms with Crippen LogP contribution in [-0.2, 0) is 0 Å². The van der Waals surface area contributed by atoms with Gasteiger partial charge in [0, 0.05) is 5.33 Å². The summed E-state index contributed by atoms with van der Waals surface area (Å²) >= 11 is 3.49. The first-order valence-electron chi connectivity index (χ1n) is 11.9. The molecule has 164 valence electrons. The summed E-state index contributed by atoms with van der Waals surface area (Å²) in [5, 5.41) is 1.16. The molecular weight excluding hydrogens is 416 g/mol. The lowest BCUT2D eigenvalue weighted by atomic mass is 10.1. The van der Waals surface area contributed by atoms with Crippen LogP contribution < -0.4 is 0 Å². The zero-order valence-corrected chi connectivity index (χ0v) is 20.5. The monoisotopic (exact) mass is 460 g/mol. The standard InChI is InChI=1S/C28H45Br/c1-2-3-4-5-6-7-8-9-10-11-12-13-14-15-16-17-18-19-20-21-22-23-24-25-26-27-28-29/h3-4,6-7,9-10,12-13,15-16,18-19H,2,5,8,11,14,17,20-28H2,1H3/b4-3-,7-6-,10-9-,13-12-,16-15-,19-18-. The molecule has 0 atom stereocenters. The maximum atomic E-state index is 3.49. The van der Waals surface area contributed by atoms with Gasteiger partial charge in [-0.2, -0.15) is 0 Å². The molecule has 0 unspecified atom stereocenters. The first kappa shape index (κ1) is 27.9. The van der Waals surface area contributed by atoms with E-state index in [1.54, 1.807) is 0 Å². The summed E-state index contributed by atoms with van der Waals surface area (Å²) in [6.45, 7) is 2.17. The van der Waals surface area contributed by atoms with E-state index >= 15 is 0 Å². The maximum absolute atomic E-state index is 3.49. The second-order valence-electron chi connectivity index (χ2n) is 7.37. The smallest absolute Gasteiger partial charge is 0.00313 e. The minimum atomic E-state index is 1.04. The van der Waals surface area contributed by atoms with Crippen molar-refractivity contribution in [3.8, 4) is 0 Å². The molecule has 0 amide bonds. The molecule has 29 heavy (non-hydrogen) atoms. The van der Waals surface area contributed by atoms with Gasteiger partial charge in [-0.05, 0) is 57.8 Å². The Morgan fingerprint density at radius 1 is 0.414 bits per heavy atom. The predicted molar refractivity (Wildman–Crippen MR) is 139 cm³/mol. The van der Waals surface area contributed by atoms with Crippen LogP contribution in [0.15, 0.2) is 72.9 Å². The Labute approximate surface area is 190 Å². The Morgan fingerprint density at radius 3 is 1.17 bits per heavy atom. The van der Waals surface area contributed by atoms with E-state index in [4.69, 9.17) is 0 Å². The van der Waals surface area contributed by atoms with Gasteiger partial charge in [0.1, 0.15) is 0 Å². The molecule has 0 bridgehead atoms. The van der Waals surface area contributed by atoms with Crippen LogP contribution in [0.4, 0.5) is 0 Å². The van der Waals surface area contributed by atoms with Gasteiger partial charge in [-0.1, -0.05) is 128 Å². The van der Waals surface area contributed by atoms with Crippen LogP contribution in [0.25, 0.3) is 0 Å². The lowest BCUT2D eigenvalue weighted by molar-refractivity contribution is 0.594. The Kier molecular flexibility index (Phi) is 25.9. The Balaban J connectivity index is 3.40. The second-order valence-corrected chi connectivity index (χ2v) is 8.16. The van der Waals surface area contributed by atoms with E-state index in [-0.39, 0.29) is 0 Å². The minimum Gasteiger partial charge on any atom is -0.0928 e. The number of allylic oxidation sites excluding steroid dienone is 12. The van der Waals surface area contributed by atoms with Gasteiger partial charge in [-0.3, -0.25) is 0 Å². The van der Waals surface area contributed by atoms with E-state index in [1.165, 1.54) is 51.4 Å². The molecule has 0 saturated heterocycles. The summed E-state index contributed by atoms with van der Waals surface area (Å²) in [6.07, 6.45) is 44.4. The first-order valence-corrected chi connectivity index (χ1v) is 13.0. The third kappa shape index (κ3) is 26.9. The summed E-state index contributed by atoms with van der Waals surface area (Å²) in [6, 6.07) is 0. The van der Waals surface area contributed by atoms with Crippen molar-refractivity contribution >= 4 is 15.9 Å². The van der Waals surface area contributed by atoms with Crippen molar-refractivity contribution in [1.29, 1.82) is 0 Å². The average molecular weight is 462 g/mol. The van der Waals surface area contributed by atoms with Crippen molar-refractivity contribution < 1.29 is 0 Å². The Morgan fingerprint density at radius 2 is 0.759 bits per heavy atom. The Bertz CT molecular complexity index is 477. The van der Waals surface area contributed by atoms with E-state index in [2.05, 4.69) is 95.8 Å².